The van der Waals surface area contributed by atoms with E-state index in [2.05, 4.69) is 10.3 Å². The Labute approximate surface area is 176 Å². The summed E-state index contributed by atoms with van der Waals surface area (Å²) in [5.41, 5.74) is 2.39. The highest BCUT2D eigenvalue weighted by Gasteiger charge is 2.29. The minimum Gasteiger partial charge on any atom is -0.426 e. The summed E-state index contributed by atoms with van der Waals surface area (Å²) >= 11 is 12.5. The quantitative estimate of drug-likeness (QED) is 0.603. The number of ether oxygens (including phenoxy) is 1. The van der Waals surface area contributed by atoms with Crippen molar-refractivity contribution in [3.63, 3.8) is 0 Å². The lowest BCUT2D eigenvalue weighted by Crippen LogP contribution is -2.30. The standard InChI is InChI=1S/C22H14Cl2N2O3/c23-14-10-11-18-16(12-14)19(15-8-4-5-9-17(15)24)26-21(20(27)25-18)29-22(28)13-6-2-1-3-7-13/h1-12,21H,(H,25,27). The number of fused-ring (bicyclic) bond motifs is 1. The molecule has 29 heavy (non-hydrogen) atoms. The van der Waals surface area contributed by atoms with E-state index in [0.717, 1.165) is 0 Å². The summed E-state index contributed by atoms with van der Waals surface area (Å²) in [4.78, 5) is 29.7. The maximum atomic E-state index is 12.7. The molecule has 1 aliphatic heterocycles. The third-order valence-electron chi connectivity index (χ3n) is 4.32. The lowest BCUT2D eigenvalue weighted by atomic mass is 10.0. The Morgan fingerprint density at radius 1 is 0.931 bits per heavy atom. The number of hydrogen-bond acceptors (Lipinski definition) is 4. The summed E-state index contributed by atoms with van der Waals surface area (Å²) in [7, 11) is 0. The molecular formula is C22H14Cl2N2O3. The second-order valence-electron chi connectivity index (χ2n) is 6.26. The molecular weight excluding hydrogens is 411 g/mol. The Morgan fingerprint density at radius 2 is 1.66 bits per heavy atom. The van der Waals surface area contributed by atoms with Crippen LogP contribution in [0.25, 0.3) is 0 Å². The smallest absolute Gasteiger partial charge is 0.340 e. The van der Waals surface area contributed by atoms with Gasteiger partial charge in [0.2, 0.25) is 0 Å². The zero-order valence-corrected chi connectivity index (χ0v) is 16.4. The molecule has 0 bridgehead atoms. The predicted molar refractivity (Wildman–Crippen MR) is 113 cm³/mol. The number of nitrogens with one attached hydrogen (secondary N) is 1. The van der Waals surface area contributed by atoms with Gasteiger partial charge in [-0.1, -0.05) is 59.6 Å². The Hall–Kier alpha value is -3.15. The van der Waals surface area contributed by atoms with Gasteiger partial charge in [-0.05, 0) is 36.4 Å². The van der Waals surface area contributed by atoms with E-state index in [1.54, 1.807) is 72.8 Å². The third kappa shape index (κ3) is 4.01. The molecule has 1 unspecified atom stereocenters. The lowest BCUT2D eigenvalue weighted by molar-refractivity contribution is -0.124. The number of benzodiazepines with no additional fused rings is 1. The number of carbonyl (C=O) groups is 2. The normalized spacial score (nSPS) is 15.6. The zero-order chi connectivity index (χ0) is 20.4. The maximum absolute atomic E-state index is 12.7. The molecule has 0 aliphatic carbocycles. The molecule has 4 rings (SSSR count). The molecule has 1 amide bonds. The molecule has 1 N–H and O–H groups in total. The van der Waals surface area contributed by atoms with E-state index in [1.165, 1.54) is 0 Å². The molecule has 3 aromatic rings. The topological polar surface area (TPSA) is 67.8 Å². The minimum absolute atomic E-state index is 0.319. The van der Waals surface area contributed by atoms with Crippen molar-refractivity contribution in [2.24, 2.45) is 4.99 Å². The predicted octanol–water partition coefficient (Wildman–Crippen LogP) is 4.97. The van der Waals surface area contributed by atoms with E-state index in [-0.39, 0.29) is 0 Å². The number of esters is 1. The number of carbonyl (C=O) groups excluding carboxylic acids is 2. The summed E-state index contributed by atoms with van der Waals surface area (Å²) in [5.74, 6) is -1.23. The summed E-state index contributed by atoms with van der Waals surface area (Å²) < 4.78 is 5.41. The highest BCUT2D eigenvalue weighted by Crippen LogP contribution is 2.30. The fraction of sp³-hybridized carbons (Fsp3) is 0.0455. The van der Waals surface area contributed by atoms with E-state index in [9.17, 15) is 9.59 Å². The third-order valence-corrected chi connectivity index (χ3v) is 4.89. The van der Waals surface area contributed by atoms with Crippen molar-refractivity contribution in [2.45, 2.75) is 6.23 Å². The van der Waals surface area contributed by atoms with Crippen LogP contribution in [0.15, 0.2) is 77.8 Å². The molecule has 3 aromatic carbocycles. The molecule has 1 atom stereocenters. The number of halogens is 2. The largest absolute Gasteiger partial charge is 0.426 e. The van der Waals surface area contributed by atoms with Gasteiger partial charge in [0.1, 0.15) is 0 Å². The first-order valence-corrected chi connectivity index (χ1v) is 9.48. The zero-order valence-electron chi connectivity index (χ0n) is 14.9. The Balaban J connectivity index is 1.80. The van der Waals surface area contributed by atoms with E-state index in [1.807, 2.05) is 0 Å². The van der Waals surface area contributed by atoms with Crippen LogP contribution in [0.4, 0.5) is 5.69 Å². The van der Waals surface area contributed by atoms with Crippen LogP contribution in [0.5, 0.6) is 0 Å². The molecule has 7 heteroatoms. The van der Waals surface area contributed by atoms with Gasteiger partial charge in [0.15, 0.2) is 0 Å². The van der Waals surface area contributed by atoms with Crippen molar-refractivity contribution in [2.75, 3.05) is 5.32 Å². The van der Waals surface area contributed by atoms with Crippen LogP contribution < -0.4 is 5.32 Å². The maximum Gasteiger partial charge on any atom is 0.340 e. The molecule has 0 radical (unpaired) electrons. The number of hydrogen-bond donors (Lipinski definition) is 1. The van der Waals surface area contributed by atoms with Crippen LogP contribution in [-0.2, 0) is 9.53 Å². The van der Waals surface area contributed by atoms with Gasteiger partial charge in [0.05, 0.1) is 17.0 Å². The molecule has 1 heterocycles. The molecule has 0 saturated carbocycles. The fourth-order valence-electron chi connectivity index (χ4n) is 2.95. The van der Waals surface area contributed by atoms with Crippen LogP contribution in [0.1, 0.15) is 21.5 Å². The molecule has 5 nitrogen and oxygen atoms in total. The second-order valence-corrected chi connectivity index (χ2v) is 7.10. The van der Waals surface area contributed by atoms with Crippen molar-refractivity contribution in [1.29, 1.82) is 0 Å². The highest BCUT2D eigenvalue weighted by molar-refractivity contribution is 6.37. The molecule has 0 saturated heterocycles. The van der Waals surface area contributed by atoms with Crippen molar-refractivity contribution in [3.05, 3.63) is 99.5 Å². The number of aliphatic imine (C=N–C) groups is 1. The van der Waals surface area contributed by atoms with Crippen molar-refractivity contribution in [3.8, 4) is 0 Å². The first-order valence-electron chi connectivity index (χ1n) is 8.72. The Kier molecular flexibility index (Phi) is 5.34. The SMILES string of the molecule is O=C(OC1N=C(c2ccccc2Cl)c2cc(Cl)ccc2NC1=O)c1ccccc1. The van der Waals surface area contributed by atoms with Gasteiger partial charge < -0.3 is 10.1 Å². The highest BCUT2D eigenvalue weighted by atomic mass is 35.5. The minimum atomic E-state index is -1.39. The van der Waals surface area contributed by atoms with Gasteiger partial charge in [0, 0.05) is 21.2 Å². The van der Waals surface area contributed by atoms with Gasteiger partial charge in [0.25, 0.3) is 12.1 Å². The number of amides is 1. The lowest BCUT2D eigenvalue weighted by Gasteiger charge is -2.13. The van der Waals surface area contributed by atoms with Crippen LogP contribution >= 0.6 is 23.2 Å². The average molecular weight is 425 g/mol. The Bertz CT molecular complexity index is 1130. The number of nitrogens with zero attached hydrogens (tertiary/aromatic N) is 1. The number of anilines is 1. The first kappa shape index (κ1) is 19.2. The van der Waals surface area contributed by atoms with Crippen molar-refractivity contribution >= 4 is 46.5 Å². The van der Waals surface area contributed by atoms with Gasteiger partial charge >= 0.3 is 5.97 Å². The summed E-state index contributed by atoms with van der Waals surface area (Å²) in [6, 6.07) is 20.5. The molecule has 144 valence electrons. The molecule has 0 fully saturated rings. The van der Waals surface area contributed by atoms with Crippen molar-refractivity contribution < 1.29 is 14.3 Å². The average Bonchev–Trinajstić information content (AvgIpc) is 2.86. The van der Waals surface area contributed by atoms with Gasteiger partial charge in [-0.3, -0.25) is 4.79 Å². The van der Waals surface area contributed by atoms with E-state index in [0.29, 0.717) is 38.1 Å². The van der Waals surface area contributed by atoms with Gasteiger partial charge in [-0.15, -0.1) is 0 Å². The van der Waals surface area contributed by atoms with Crippen LogP contribution in [0.2, 0.25) is 10.0 Å². The van der Waals surface area contributed by atoms with Crippen molar-refractivity contribution in [1.82, 2.24) is 0 Å². The van der Waals surface area contributed by atoms with Crippen LogP contribution in [0.3, 0.4) is 0 Å². The van der Waals surface area contributed by atoms with E-state index < -0.39 is 18.1 Å². The summed E-state index contributed by atoms with van der Waals surface area (Å²) in [6.07, 6.45) is -1.39. The molecule has 0 spiro atoms. The summed E-state index contributed by atoms with van der Waals surface area (Å²) in [5, 5.41) is 3.66. The van der Waals surface area contributed by atoms with Gasteiger partial charge in [-0.2, -0.15) is 0 Å². The number of rotatable bonds is 3. The summed E-state index contributed by atoms with van der Waals surface area (Å²) in [6.45, 7) is 0. The molecule has 0 aromatic heterocycles. The Morgan fingerprint density at radius 3 is 2.41 bits per heavy atom. The molecule has 1 aliphatic rings. The number of benzene rings is 3. The van der Waals surface area contributed by atoms with Gasteiger partial charge in [-0.25, -0.2) is 9.79 Å². The first-order chi connectivity index (χ1) is 14.0. The van der Waals surface area contributed by atoms with E-state index >= 15 is 0 Å². The second kappa shape index (κ2) is 8.07. The fourth-order valence-corrected chi connectivity index (χ4v) is 3.35. The van der Waals surface area contributed by atoms with Crippen LogP contribution in [0, 0.1) is 0 Å². The van der Waals surface area contributed by atoms with Crippen LogP contribution in [-0.4, -0.2) is 23.8 Å². The monoisotopic (exact) mass is 424 g/mol. The van der Waals surface area contributed by atoms with E-state index in [4.69, 9.17) is 27.9 Å².